The van der Waals surface area contributed by atoms with Gasteiger partial charge in [0.15, 0.2) is 0 Å². The van der Waals surface area contributed by atoms with Gasteiger partial charge in [0, 0.05) is 12.6 Å². The predicted molar refractivity (Wildman–Crippen MR) is 83.7 cm³/mol. The minimum absolute atomic E-state index is 0.403. The first-order valence-corrected chi connectivity index (χ1v) is 9.21. The van der Waals surface area contributed by atoms with Gasteiger partial charge in [0.05, 0.1) is 5.60 Å². The van der Waals surface area contributed by atoms with E-state index in [0.29, 0.717) is 6.04 Å². The molecular formula is C18H33NO. The second kappa shape index (κ2) is 6.79. The summed E-state index contributed by atoms with van der Waals surface area (Å²) in [6.07, 6.45) is 17.1. The van der Waals surface area contributed by atoms with Crippen molar-refractivity contribution >= 4 is 0 Å². The first-order valence-electron chi connectivity index (χ1n) is 9.21. The molecule has 2 N–H and O–H groups in total. The summed E-state index contributed by atoms with van der Waals surface area (Å²) in [7, 11) is 0. The van der Waals surface area contributed by atoms with Gasteiger partial charge in [-0.05, 0) is 43.9 Å². The second-order valence-electron chi connectivity index (χ2n) is 7.83. The molecule has 0 bridgehead atoms. The Morgan fingerprint density at radius 3 is 2.25 bits per heavy atom. The third-order valence-corrected chi connectivity index (χ3v) is 6.29. The summed E-state index contributed by atoms with van der Waals surface area (Å²) in [4.78, 5) is 0. The molecule has 3 unspecified atom stereocenters. The molecule has 0 aliphatic heterocycles. The summed E-state index contributed by atoms with van der Waals surface area (Å²) < 4.78 is 0. The van der Waals surface area contributed by atoms with Crippen molar-refractivity contribution < 1.29 is 5.11 Å². The number of hydrogen-bond acceptors (Lipinski definition) is 2. The van der Waals surface area contributed by atoms with E-state index in [4.69, 9.17) is 0 Å². The normalized spacial score (nSPS) is 38.0. The molecule has 0 aromatic rings. The van der Waals surface area contributed by atoms with Crippen molar-refractivity contribution in [2.45, 2.75) is 95.1 Å². The van der Waals surface area contributed by atoms with E-state index in [-0.39, 0.29) is 0 Å². The second-order valence-corrected chi connectivity index (χ2v) is 7.83. The lowest BCUT2D eigenvalue weighted by atomic mass is 9.69. The SMILES string of the molecule is OC1(CNC2CCC3CCCCC3C2)CCCCCC1. The molecule has 2 heteroatoms. The van der Waals surface area contributed by atoms with Crippen LogP contribution in [0.25, 0.3) is 0 Å². The highest BCUT2D eigenvalue weighted by molar-refractivity contribution is 4.89. The van der Waals surface area contributed by atoms with Crippen LogP contribution in [0.4, 0.5) is 0 Å². The molecule has 0 amide bonds. The van der Waals surface area contributed by atoms with Gasteiger partial charge >= 0.3 is 0 Å². The topological polar surface area (TPSA) is 32.3 Å². The van der Waals surface area contributed by atoms with E-state index in [2.05, 4.69) is 5.32 Å². The highest BCUT2D eigenvalue weighted by Crippen LogP contribution is 2.40. The number of fused-ring (bicyclic) bond motifs is 1. The van der Waals surface area contributed by atoms with Crippen LogP contribution in [0.3, 0.4) is 0 Å². The maximum atomic E-state index is 10.8. The van der Waals surface area contributed by atoms with Crippen molar-refractivity contribution in [3.8, 4) is 0 Å². The van der Waals surface area contributed by atoms with Crippen LogP contribution in [0.1, 0.15) is 83.5 Å². The van der Waals surface area contributed by atoms with Gasteiger partial charge in [-0.2, -0.15) is 0 Å². The van der Waals surface area contributed by atoms with Crippen LogP contribution < -0.4 is 5.32 Å². The summed E-state index contributed by atoms with van der Waals surface area (Å²) in [5, 5.41) is 14.5. The molecule has 3 rings (SSSR count). The van der Waals surface area contributed by atoms with Crippen LogP contribution >= 0.6 is 0 Å². The molecule has 0 aromatic carbocycles. The molecular weight excluding hydrogens is 246 g/mol. The molecule has 3 atom stereocenters. The molecule has 0 saturated heterocycles. The molecule has 0 radical (unpaired) electrons. The summed E-state index contributed by atoms with van der Waals surface area (Å²) in [5.74, 6) is 2.02. The number of aliphatic hydroxyl groups is 1. The highest BCUT2D eigenvalue weighted by Gasteiger charge is 2.34. The van der Waals surface area contributed by atoms with Crippen molar-refractivity contribution in [1.82, 2.24) is 5.32 Å². The lowest BCUT2D eigenvalue weighted by Gasteiger charge is -2.40. The average molecular weight is 279 g/mol. The van der Waals surface area contributed by atoms with Crippen molar-refractivity contribution in [2.75, 3.05) is 6.54 Å². The maximum absolute atomic E-state index is 10.8. The lowest BCUT2D eigenvalue weighted by molar-refractivity contribution is 0.0184. The van der Waals surface area contributed by atoms with Gasteiger partial charge < -0.3 is 10.4 Å². The molecule has 0 spiro atoms. The van der Waals surface area contributed by atoms with Gasteiger partial charge in [0.1, 0.15) is 0 Å². The number of rotatable bonds is 3. The number of hydrogen-bond donors (Lipinski definition) is 2. The fourth-order valence-electron chi connectivity index (χ4n) is 4.96. The number of nitrogens with one attached hydrogen (secondary N) is 1. The van der Waals surface area contributed by atoms with Crippen molar-refractivity contribution in [1.29, 1.82) is 0 Å². The molecule has 0 heterocycles. The largest absolute Gasteiger partial charge is 0.389 e. The average Bonchev–Trinajstić information content (AvgIpc) is 2.70. The fourth-order valence-corrected chi connectivity index (χ4v) is 4.96. The van der Waals surface area contributed by atoms with Crippen molar-refractivity contribution in [3.05, 3.63) is 0 Å². The summed E-state index contributed by atoms with van der Waals surface area (Å²) in [6, 6.07) is 0.682. The van der Waals surface area contributed by atoms with Gasteiger partial charge in [0.25, 0.3) is 0 Å². The molecule has 3 saturated carbocycles. The van der Waals surface area contributed by atoms with Crippen molar-refractivity contribution in [3.63, 3.8) is 0 Å². The monoisotopic (exact) mass is 279 g/mol. The van der Waals surface area contributed by atoms with Crippen LogP contribution in [-0.2, 0) is 0 Å². The minimum atomic E-state index is -0.403. The standard InChI is InChI=1S/C18H33NO/c20-18(11-5-1-2-6-12-18)14-19-17-10-9-15-7-3-4-8-16(15)13-17/h15-17,19-20H,1-14H2. The van der Waals surface area contributed by atoms with E-state index in [9.17, 15) is 5.11 Å². The van der Waals surface area contributed by atoms with Crippen LogP contribution in [0.15, 0.2) is 0 Å². The van der Waals surface area contributed by atoms with Gasteiger partial charge in [-0.25, -0.2) is 0 Å². The summed E-state index contributed by atoms with van der Waals surface area (Å²) >= 11 is 0. The fraction of sp³-hybridized carbons (Fsp3) is 1.00. The molecule has 116 valence electrons. The third-order valence-electron chi connectivity index (χ3n) is 6.29. The van der Waals surface area contributed by atoms with E-state index >= 15 is 0 Å². The Labute approximate surface area is 124 Å². The summed E-state index contributed by atoms with van der Waals surface area (Å²) in [5.41, 5.74) is -0.403. The van der Waals surface area contributed by atoms with Gasteiger partial charge in [-0.1, -0.05) is 51.4 Å². The van der Waals surface area contributed by atoms with E-state index in [0.717, 1.165) is 31.2 Å². The molecule has 20 heavy (non-hydrogen) atoms. The molecule has 3 fully saturated rings. The summed E-state index contributed by atoms with van der Waals surface area (Å²) in [6.45, 7) is 0.842. The Morgan fingerprint density at radius 2 is 1.50 bits per heavy atom. The first-order chi connectivity index (χ1) is 9.75. The van der Waals surface area contributed by atoms with E-state index in [1.54, 1.807) is 0 Å². The van der Waals surface area contributed by atoms with Crippen LogP contribution in [0, 0.1) is 11.8 Å². The van der Waals surface area contributed by atoms with Gasteiger partial charge in [-0.15, -0.1) is 0 Å². The lowest BCUT2D eigenvalue weighted by Crippen LogP contribution is -2.47. The molecule has 3 aliphatic rings. The van der Waals surface area contributed by atoms with Crippen molar-refractivity contribution in [2.24, 2.45) is 11.8 Å². The van der Waals surface area contributed by atoms with Gasteiger partial charge in [0.2, 0.25) is 0 Å². The van der Waals surface area contributed by atoms with E-state index in [1.165, 1.54) is 70.6 Å². The van der Waals surface area contributed by atoms with Crippen LogP contribution in [0.2, 0.25) is 0 Å². The minimum Gasteiger partial charge on any atom is -0.389 e. The molecule has 3 aliphatic carbocycles. The Bertz CT molecular complexity index is 296. The molecule has 0 aromatic heterocycles. The van der Waals surface area contributed by atoms with Crippen LogP contribution in [-0.4, -0.2) is 23.3 Å². The Morgan fingerprint density at radius 1 is 0.800 bits per heavy atom. The Kier molecular flexibility index (Phi) is 5.04. The first kappa shape index (κ1) is 14.8. The van der Waals surface area contributed by atoms with E-state index < -0.39 is 5.60 Å². The van der Waals surface area contributed by atoms with E-state index in [1.807, 2.05) is 0 Å². The predicted octanol–water partition coefficient (Wildman–Crippen LogP) is 4.02. The third kappa shape index (κ3) is 3.76. The Balaban J connectivity index is 1.46. The van der Waals surface area contributed by atoms with Gasteiger partial charge in [-0.3, -0.25) is 0 Å². The Hall–Kier alpha value is -0.0800. The zero-order chi connectivity index (χ0) is 13.8. The zero-order valence-corrected chi connectivity index (χ0v) is 13.1. The highest BCUT2D eigenvalue weighted by atomic mass is 16.3. The zero-order valence-electron chi connectivity index (χ0n) is 13.1. The molecule has 2 nitrogen and oxygen atoms in total. The quantitative estimate of drug-likeness (QED) is 0.765. The maximum Gasteiger partial charge on any atom is 0.0771 e. The smallest absolute Gasteiger partial charge is 0.0771 e. The van der Waals surface area contributed by atoms with Crippen LogP contribution in [0.5, 0.6) is 0 Å².